The zero-order valence-corrected chi connectivity index (χ0v) is 9.66. The van der Waals surface area contributed by atoms with Crippen LogP contribution >= 0.6 is 15.9 Å². The van der Waals surface area contributed by atoms with E-state index in [1.54, 1.807) is 18.2 Å². The number of rotatable bonds is 4. The number of halogens is 1. The van der Waals surface area contributed by atoms with Gasteiger partial charge in [-0.1, -0.05) is 15.9 Å². The second-order valence-electron chi connectivity index (χ2n) is 3.70. The smallest absolute Gasteiger partial charge is 0.339 e. The minimum Gasteiger partial charge on any atom is -0.492 e. The molecule has 0 amide bonds. The average Bonchev–Trinajstić information content (AvgIpc) is 2.99. The molecule has 0 aliphatic heterocycles. The Balaban J connectivity index is 2.15. The minimum absolute atomic E-state index is 0.213. The zero-order chi connectivity index (χ0) is 10.8. The van der Waals surface area contributed by atoms with Gasteiger partial charge in [0.2, 0.25) is 0 Å². The molecule has 0 heterocycles. The van der Waals surface area contributed by atoms with Crippen LogP contribution in [0.5, 0.6) is 5.75 Å². The summed E-state index contributed by atoms with van der Waals surface area (Å²) in [6.07, 6.45) is 2.39. The predicted octanol–water partition coefficient (Wildman–Crippen LogP) is 2.94. The van der Waals surface area contributed by atoms with Gasteiger partial charge in [0.05, 0.1) is 6.61 Å². The van der Waals surface area contributed by atoms with Crippen LogP contribution < -0.4 is 4.74 Å². The molecular weight excluding hydrogens is 260 g/mol. The number of carboxylic acid groups (broad SMARTS) is 1. The summed E-state index contributed by atoms with van der Waals surface area (Å²) in [4.78, 5) is 10.9. The van der Waals surface area contributed by atoms with Crippen molar-refractivity contribution in [2.24, 2.45) is 5.92 Å². The van der Waals surface area contributed by atoms with E-state index < -0.39 is 5.97 Å². The first kappa shape index (κ1) is 10.5. The normalized spacial score (nSPS) is 15.0. The van der Waals surface area contributed by atoms with Gasteiger partial charge >= 0.3 is 5.97 Å². The molecule has 2 rings (SSSR count). The Morgan fingerprint density at radius 1 is 1.53 bits per heavy atom. The van der Waals surface area contributed by atoms with Gasteiger partial charge in [-0.3, -0.25) is 0 Å². The highest BCUT2D eigenvalue weighted by molar-refractivity contribution is 9.10. The third-order valence-corrected chi connectivity index (χ3v) is 2.84. The lowest BCUT2D eigenvalue weighted by molar-refractivity contribution is 0.0692. The number of hydrogen-bond donors (Lipinski definition) is 1. The maximum Gasteiger partial charge on any atom is 0.339 e. The van der Waals surface area contributed by atoms with Crippen molar-refractivity contribution < 1.29 is 14.6 Å². The topological polar surface area (TPSA) is 46.5 Å². The lowest BCUT2D eigenvalue weighted by Crippen LogP contribution is -2.05. The number of carbonyl (C=O) groups is 1. The Labute approximate surface area is 96.2 Å². The molecule has 0 radical (unpaired) electrons. The van der Waals surface area contributed by atoms with E-state index in [1.165, 1.54) is 12.8 Å². The fraction of sp³-hybridized carbons (Fsp3) is 0.364. The van der Waals surface area contributed by atoms with Gasteiger partial charge in [-0.2, -0.15) is 0 Å². The maximum atomic E-state index is 10.9. The van der Waals surface area contributed by atoms with Crippen LogP contribution in [0, 0.1) is 5.92 Å². The van der Waals surface area contributed by atoms with Crippen LogP contribution in [0.3, 0.4) is 0 Å². The van der Waals surface area contributed by atoms with E-state index in [9.17, 15) is 4.79 Å². The average molecular weight is 271 g/mol. The monoisotopic (exact) mass is 270 g/mol. The molecule has 1 aliphatic rings. The number of benzene rings is 1. The van der Waals surface area contributed by atoms with Crippen molar-refractivity contribution >= 4 is 21.9 Å². The standard InChI is InChI=1S/C11H11BrO3/c12-8-3-4-10(9(5-8)11(13)14)15-6-7-1-2-7/h3-5,7H,1-2,6H2,(H,13,14). The van der Waals surface area contributed by atoms with Gasteiger partial charge < -0.3 is 9.84 Å². The van der Waals surface area contributed by atoms with Crippen molar-refractivity contribution in [3.8, 4) is 5.75 Å². The van der Waals surface area contributed by atoms with Crippen LogP contribution in [0.1, 0.15) is 23.2 Å². The summed E-state index contributed by atoms with van der Waals surface area (Å²) < 4.78 is 6.22. The first-order chi connectivity index (χ1) is 7.16. The first-order valence-electron chi connectivity index (χ1n) is 4.82. The summed E-state index contributed by atoms with van der Waals surface area (Å²) in [5, 5.41) is 8.97. The van der Waals surface area contributed by atoms with Gasteiger partial charge in [0.1, 0.15) is 11.3 Å². The zero-order valence-electron chi connectivity index (χ0n) is 8.07. The lowest BCUT2D eigenvalue weighted by atomic mass is 10.2. The van der Waals surface area contributed by atoms with E-state index in [1.807, 2.05) is 0 Å². The van der Waals surface area contributed by atoms with Crippen LogP contribution in [0.25, 0.3) is 0 Å². The molecule has 1 aromatic rings. The predicted molar refractivity (Wildman–Crippen MR) is 59.3 cm³/mol. The van der Waals surface area contributed by atoms with Crippen molar-refractivity contribution in [1.82, 2.24) is 0 Å². The van der Waals surface area contributed by atoms with Crippen LogP contribution in [-0.4, -0.2) is 17.7 Å². The van der Waals surface area contributed by atoms with Gasteiger partial charge in [-0.25, -0.2) is 4.79 Å². The highest BCUT2D eigenvalue weighted by atomic mass is 79.9. The molecule has 15 heavy (non-hydrogen) atoms. The van der Waals surface area contributed by atoms with Gasteiger partial charge in [0.15, 0.2) is 0 Å². The SMILES string of the molecule is O=C(O)c1cc(Br)ccc1OCC1CC1. The van der Waals surface area contributed by atoms with Gasteiger partial charge in [-0.15, -0.1) is 0 Å². The fourth-order valence-electron chi connectivity index (χ4n) is 1.29. The Bertz CT molecular complexity index is 385. The molecule has 0 aromatic heterocycles. The maximum absolute atomic E-state index is 10.9. The summed E-state index contributed by atoms with van der Waals surface area (Å²) in [7, 11) is 0. The molecule has 1 aliphatic carbocycles. The molecule has 0 atom stereocenters. The van der Waals surface area contributed by atoms with E-state index in [4.69, 9.17) is 9.84 Å². The molecular formula is C11H11BrO3. The van der Waals surface area contributed by atoms with Crippen molar-refractivity contribution in [3.63, 3.8) is 0 Å². The second-order valence-corrected chi connectivity index (χ2v) is 4.62. The van der Waals surface area contributed by atoms with Crippen molar-refractivity contribution in [1.29, 1.82) is 0 Å². The van der Waals surface area contributed by atoms with Gasteiger partial charge in [0, 0.05) is 4.47 Å². The van der Waals surface area contributed by atoms with Crippen molar-refractivity contribution in [2.75, 3.05) is 6.61 Å². The highest BCUT2D eigenvalue weighted by Gasteiger charge is 2.23. The van der Waals surface area contributed by atoms with E-state index in [2.05, 4.69) is 15.9 Å². The molecule has 1 saturated carbocycles. The fourth-order valence-corrected chi connectivity index (χ4v) is 1.65. The quantitative estimate of drug-likeness (QED) is 0.915. The number of aromatic carboxylic acids is 1. The Hall–Kier alpha value is -1.03. The summed E-state index contributed by atoms with van der Waals surface area (Å²) in [5.74, 6) is 0.120. The largest absolute Gasteiger partial charge is 0.492 e. The first-order valence-corrected chi connectivity index (χ1v) is 5.62. The molecule has 3 nitrogen and oxygen atoms in total. The third kappa shape index (κ3) is 2.72. The Morgan fingerprint density at radius 3 is 2.87 bits per heavy atom. The van der Waals surface area contributed by atoms with Gasteiger partial charge in [-0.05, 0) is 37.0 Å². The van der Waals surface area contributed by atoms with E-state index in [0.717, 1.165) is 4.47 Å². The van der Waals surface area contributed by atoms with E-state index in [-0.39, 0.29) is 5.56 Å². The van der Waals surface area contributed by atoms with Crippen LogP contribution in [0.15, 0.2) is 22.7 Å². The highest BCUT2D eigenvalue weighted by Crippen LogP contribution is 2.31. The third-order valence-electron chi connectivity index (χ3n) is 2.34. The number of ether oxygens (including phenoxy) is 1. The van der Waals surface area contributed by atoms with Crippen LogP contribution in [-0.2, 0) is 0 Å². The number of hydrogen-bond acceptors (Lipinski definition) is 2. The van der Waals surface area contributed by atoms with Crippen molar-refractivity contribution in [2.45, 2.75) is 12.8 Å². The molecule has 4 heteroatoms. The molecule has 0 bridgehead atoms. The van der Waals surface area contributed by atoms with Crippen LogP contribution in [0.4, 0.5) is 0 Å². The van der Waals surface area contributed by atoms with E-state index >= 15 is 0 Å². The molecule has 0 spiro atoms. The van der Waals surface area contributed by atoms with Gasteiger partial charge in [0.25, 0.3) is 0 Å². The Kier molecular flexibility index (Phi) is 2.95. The minimum atomic E-state index is -0.956. The van der Waals surface area contributed by atoms with Crippen molar-refractivity contribution in [3.05, 3.63) is 28.2 Å². The molecule has 1 fully saturated rings. The summed E-state index contributed by atoms with van der Waals surface area (Å²) in [6, 6.07) is 5.04. The Morgan fingerprint density at radius 2 is 2.27 bits per heavy atom. The molecule has 0 unspecified atom stereocenters. The second kappa shape index (κ2) is 4.23. The molecule has 1 N–H and O–H groups in total. The summed E-state index contributed by atoms with van der Waals surface area (Å²) in [5.41, 5.74) is 0.213. The molecule has 1 aromatic carbocycles. The number of carboxylic acids is 1. The molecule has 80 valence electrons. The van der Waals surface area contributed by atoms with Crippen LogP contribution in [0.2, 0.25) is 0 Å². The van der Waals surface area contributed by atoms with E-state index in [0.29, 0.717) is 18.3 Å². The summed E-state index contributed by atoms with van der Waals surface area (Å²) >= 11 is 3.24. The molecule has 0 saturated heterocycles. The lowest BCUT2D eigenvalue weighted by Gasteiger charge is -2.08. The summed E-state index contributed by atoms with van der Waals surface area (Å²) in [6.45, 7) is 0.627.